The molecule has 0 aliphatic carbocycles. The maximum atomic E-state index is 15.4. The number of fused-ring (bicyclic) bond motifs is 6. The van der Waals surface area contributed by atoms with Gasteiger partial charge >= 0.3 is 0 Å². The van der Waals surface area contributed by atoms with E-state index in [2.05, 4.69) is 140 Å². The van der Waals surface area contributed by atoms with Crippen molar-refractivity contribution in [1.82, 2.24) is 0 Å². The maximum Gasteiger partial charge on any atom is 0.123 e. The van der Waals surface area contributed by atoms with Gasteiger partial charge in [-0.2, -0.15) is 0 Å². The van der Waals surface area contributed by atoms with Gasteiger partial charge < -0.3 is 0 Å². The van der Waals surface area contributed by atoms with Crippen LogP contribution in [0.25, 0.3) is 109 Å². The van der Waals surface area contributed by atoms with Gasteiger partial charge in [0.25, 0.3) is 0 Å². The van der Waals surface area contributed by atoms with E-state index >= 15 is 8.78 Å². The fourth-order valence-electron chi connectivity index (χ4n) is 9.18. The Hall–Kier alpha value is -7.42. The minimum absolute atomic E-state index is 0.299. The van der Waals surface area contributed by atoms with Crippen LogP contribution in [0.5, 0.6) is 0 Å². The lowest BCUT2D eigenvalue weighted by Gasteiger charge is -2.23. The van der Waals surface area contributed by atoms with E-state index in [1.807, 2.05) is 30.3 Å². The number of rotatable bonds is 5. The van der Waals surface area contributed by atoms with E-state index in [0.717, 1.165) is 98.7 Å². The van der Waals surface area contributed by atoms with Crippen LogP contribution < -0.4 is 0 Å². The number of benzene rings is 11. The fraction of sp³-hybridized carbons (Fsp3) is 0. The highest BCUT2D eigenvalue weighted by atomic mass is 19.1. The molecule has 0 heterocycles. The van der Waals surface area contributed by atoms with Crippen molar-refractivity contribution in [1.29, 1.82) is 0 Å². The summed E-state index contributed by atoms with van der Waals surface area (Å²) in [5.41, 5.74) is 10.1. The van der Waals surface area contributed by atoms with Gasteiger partial charge in [-0.05, 0) is 158 Å². The van der Waals surface area contributed by atoms with Crippen molar-refractivity contribution < 1.29 is 8.78 Å². The second kappa shape index (κ2) is 13.7. The molecular formula is C56H34F2. The fourth-order valence-corrected chi connectivity index (χ4v) is 9.18. The molecule has 272 valence electrons. The third kappa shape index (κ3) is 5.56. The Morgan fingerprint density at radius 1 is 0.207 bits per heavy atom. The summed E-state index contributed by atoms with van der Waals surface area (Å²) >= 11 is 0. The maximum absolute atomic E-state index is 15.4. The molecule has 0 aliphatic heterocycles. The summed E-state index contributed by atoms with van der Waals surface area (Å²) in [6, 6.07) is 69.8. The molecule has 0 aliphatic rings. The minimum atomic E-state index is -0.303. The van der Waals surface area contributed by atoms with Crippen molar-refractivity contribution in [2.24, 2.45) is 0 Å². The van der Waals surface area contributed by atoms with Gasteiger partial charge in [0.2, 0.25) is 0 Å². The quantitative estimate of drug-likeness (QED) is 0.122. The van der Waals surface area contributed by atoms with E-state index in [1.165, 1.54) is 22.9 Å². The molecule has 0 aromatic heterocycles. The molecule has 0 amide bonds. The van der Waals surface area contributed by atoms with Crippen LogP contribution in [-0.2, 0) is 0 Å². The zero-order valence-corrected chi connectivity index (χ0v) is 31.4. The molecule has 0 nitrogen and oxygen atoms in total. The Morgan fingerprint density at radius 3 is 1.36 bits per heavy atom. The number of hydrogen-bond donors (Lipinski definition) is 0. The average molecular weight is 745 g/mol. The molecule has 0 unspecified atom stereocenters. The van der Waals surface area contributed by atoms with Crippen LogP contribution in [0.1, 0.15) is 0 Å². The molecule has 0 bridgehead atoms. The third-order valence-electron chi connectivity index (χ3n) is 11.7. The van der Waals surface area contributed by atoms with Crippen molar-refractivity contribution in [3.05, 3.63) is 218 Å². The SMILES string of the molecule is Fc1cccc(-c2c3cc(-c4ccccc4)ccc3c(-c3cccc(F)c3)c3cc4c(cc23)c(-c2ccccc2)c(-c2ccc3ccccc3c2)c2ccccc24)c1. The van der Waals surface area contributed by atoms with Gasteiger partial charge in [-0.25, -0.2) is 8.78 Å². The highest BCUT2D eigenvalue weighted by Gasteiger charge is 2.23. The molecule has 0 N–H and O–H groups in total. The van der Waals surface area contributed by atoms with Gasteiger partial charge in [0.15, 0.2) is 0 Å². The Bertz CT molecular complexity index is 3400. The van der Waals surface area contributed by atoms with Gasteiger partial charge in [-0.3, -0.25) is 0 Å². The Morgan fingerprint density at radius 2 is 0.672 bits per heavy atom. The summed E-state index contributed by atoms with van der Waals surface area (Å²) in [4.78, 5) is 0. The van der Waals surface area contributed by atoms with Crippen LogP contribution in [0.2, 0.25) is 0 Å². The predicted octanol–water partition coefficient (Wildman–Crippen LogP) is 16.1. The summed E-state index contributed by atoms with van der Waals surface area (Å²) in [6.45, 7) is 0. The standard InChI is InChI=1S/C56H34F2/c57-43-21-11-19-40(30-43)53-47-28-27-39(35-13-3-1-4-14-35)32-49(47)54(41-20-12-22-44(58)31-41)52-34-50-48(33-51(52)53)45-23-9-10-24-46(45)56(55(50)37-16-5-2-6-17-37)42-26-25-36-15-7-8-18-38(36)29-42/h1-34H. The van der Waals surface area contributed by atoms with E-state index in [4.69, 9.17) is 0 Å². The summed E-state index contributed by atoms with van der Waals surface area (Å²) in [7, 11) is 0. The first-order chi connectivity index (χ1) is 28.6. The summed E-state index contributed by atoms with van der Waals surface area (Å²) in [6.07, 6.45) is 0. The minimum Gasteiger partial charge on any atom is -0.207 e. The van der Waals surface area contributed by atoms with Gasteiger partial charge in [0.1, 0.15) is 11.6 Å². The number of halogens is 2. The zero-order valence-electron chi connectivity index (χ0n) is 31.4. The molecule has 0 fully saturated rings. The molecule has 0 saturated heterocycles. The Balaban J connectivity index is 1.38. The molecule has 0 saturated carbocycles. The second-order valence-corrected chi connectivity index (χ2v) is 15.1. The third-order valence-corrected chi connectivity index (χ3v) is 11.7. The Labute approximate surface area is 334 Å². The molecule has 0 spiro atoms. The van der Waals surface area contributed by atoms with Crippen LogP contribution in [0.15, 0.2) is 206 Å². The largest absolute Gasteiger partial charge is 0.207 e. The van der Waals surface area contributed by atoms with Gasteiger partial charge in [0, 0.05) is 0 Å². The molecule has 11 aromatic carbocycles. The van der Waals surface area contributed by atoms with Gasteiger partial charge in [-0.1, -0.05) is 158 Å². The number of hydrogen-bond acceptors (Lipinski definition) is 0. The molecule has 11 aromatic rings. The second-order valence-electron chi connectivity index (χ2n) is 15.1. The van der Waals surface area contributed by atoms with Gasteiger partial charge in [0.05, 0.1) is 0 Å². The van der Waals surface area contributed by atoms with E-state index in [1.54, 1.807) is 24.3 Å². The zero-order chi connectivity index (χ0) is 38.7. The normalized spacial score (nSPS) is 11.6. The lowest BCUT2D eigenvalue weighted by molar-refractivity contribution is 0.628. The van der Waals surface area contributed by atoms with Crippen LogP contribution in [0, 0.1) is 11.6 Å². The monoisotopic (exact) mass is 744 g/mol. The molecular weight excluding hydrogens is 711 g/mol. The lowest BCUT2D eigenvalue weighted by Crippen LogP contribution is -1.96. The van der Waals surface area contributed by atoms with Crippen LogP contribution in [0.4, 0.5) is 8.78 Å². The smallest absolute Gasteiger partial charge is 0.123 e. The van der Waals surface area contributed by atoms with E-state index < -0.39 is 0 Å². The van der Waals surface area contributed by atoms with Gasteiger partial charge in [-0.15, -0.1) is 0 Å². The highest BCUT2D eigenvalue weighted by molar-refractivity contribution is 6.29. The van der Waals surface area contributed by atoms with Crippen molar-refractivity contribution >= 4 is 53.9 Å². The first-order valence-electron chi connectivity index (χ1n) is 19.6. The molecule has 0 radical (unpaired) electrons. The topological polar surface area (TPSA) is 0 Å². The molecule has 0 atom stereocenters. The summed E-state index contributed by atoms with van der Waals surface area (Å²) in [5, 5.41) is 10.7. The summed E-state index contributed by atoms with van der Waals surface area (Å²) in [5.74, 6) is -0.603. The highest BCUT2D eigenvalue weighted by Crippen LogP contribution is 2.50. The molecule has 58 heavy (non-hydrogen) atoms. The van der Waals surface area contributed by atoms with Crippen molar-refractivity contribution in [3.63, 3.8) is 0 Å². The first kappa shape index (κ1) is 33.9. The first-order valence-corrected chi connectivity index (χ1v) is 19.6. The summed E-state index contributed by atoms with van der Waals surface area (Å²) < 4.78 is 30.7. The van der Waals surface area contributed by atoms with Crippen LogP contribution in [0.3, 0.4) is 0 Å². The van der Waals surface area contributed by atoms with E-state index in [-0.39, 0.29) is 11.6 Å². The Kier molecular flexibility index (Phi) is 7.97. The van der Waals surface area contributed by atoms with E-state index in [0.29, 0.717) is 0 Å². The van der Waals surface area contributed by atoms with Crippen LogP contribution in [-0.4, -0.2) is 0 Å². The van der Waals surface area contributed by atoms with E-state index in [9.17, 15) is 0 Å². The lowest BCUT2D eigenvalue weighted by atomic mass is 9.80. The molecule has 11 rings (SSSR count). The van der Waals surface area contributed by atoms with Crippen molar-refractivity contribution in [2.75, 3.05) is 0 Å². The average Bonchev–Trinajstić information content (AvgIpc) is 3.27. The van der Waals surface area contributed by atoms with Crippen LogP contribution >= 0.6 is 0 Å². The van der Waals surface area contributed by atoms with Crippen molar-refractivity contribution in [3.8, 4) is 55.6 Å². The predicted molar refractivity (Wildman–Crippen MR) is 241 cm³/mol. The molecule has 2 heteroatoms. The van der Waals surface area contributed by atoms with Crippen molar-refractivity contribution in [2.45, 2.75) is 0 Å².